The fourth-order valence-corrected chi connectivity index (χ4v) is 1.18. The topological polar surface area (TPSA) is 22.1 Å². The van der Waals surface area contributed by atoms with E-state index in [0.29, 0.717) is 0 Å². The summed E-state index contributed by atoms with van der Waals surface area (Å²) in [7, 11) is 1.65. The average molecular weight is 158 g/mol. The van der Waals surface area contributed by atoms with Gasteiger partial charge in [-0.1, -0.05) is 12.1 Å². The van der Waals surface area contributed by atoms with E-state index >= 15 is 0 Å². The minimum absolute atomic E-state index is 0.844. The molecule has 1 aromatic carbocycles. The third-order valence-electron chi connectivity index (χ3n) is 1.75. The van der Waals surface area contributed by atoms with Crippen molar-refractivity contribution in [3.8, 4) is 5.75 Å². The number of hydrogen-bond acceptors (Lipinski definition) is 2. The van der Waals surface area contributed by atoms with E-state index in [1.807, 2.05) is 24.3 Å². The van der Waals surface area contributed by atoms with E-state index in [9.17, 15) is 0 Å². The smallest absolute Gasteiger partial charge is 0.129 e. The number of rotatable bonds is 1. The van der Waals surface area contributed by atoms with Crippen LogP contribution in [-0.2, 0) is 0 Å². The number of nitrogens with zero attached hydrogens (tertiary/aromatic N) is 1. The lowest BCUT2D eigenvalue weighted by atomic mass is 10.2. The van der Waals surface area contributed by atoms with Crippen LogP contribution >= 0.6 is 0 Å². The van der Waals surface area contributed by atoms with Crippen LogP contribution in [0, 0.1) is 6.07 Å². The minimum Gasteiger partial charge on any atom is -0.496 e. The van der Waals surface area contributed by atoms with Crippen LogP contribution in [0.2, 0.25) is 0 Å². The lowest BCUT2D eigenvalue weighted by Gasteiger charge is -2.02. The number of hydrogen-bond donors (Lipinski definition) is 0. The maximum absolute atomic E-state index is 5.17. The molecule has 0 fully saturated rings. The number of methoxy groups -OCH3 is 1. The molecule has 0 spiro atoms. The standard InChI is InChI=1S/C10H8NO/c1-12-10-6-7-11-9-5-3-2-4-8(9)10/h2-4,6-7H,1H3. The van der Waals surface area contributed by atoms with E-state index in [1.165, 1.54) is 0 Å². The summed E-state index contributed by atoms with van der Waals surface area (Å²) in [5.74, 6) is 0.844. The molecular formula is C10H8NO. The van der Waals surface area contributed by atoms with Crippen molar-refractivity contribution in [1.82, 2.24) is 4.98 Å². The van der Waals surface area contributed by atoms with Gasteiger partial charge in [-0.25, -0.2) is 0 Å². The highest BCUT2D eigenvalue weighted by atomic mass is 16.5. The van der Waals surface area contributed by atoms with Gasteiger partial charge in [-0.05, 0) is 12.1 Å². The second-order valence-corrected chi connectivity index (χ2v) is 2.45. The Morgan fingerprint density at radius 1 is 1.42 bits per heavy atom. The maximum atomic E-state index is 5.17. The Balaban J connectivity index is 2.79. The summed E-state index contributed by atoms with van der Waals surface area (Å²) < 4.78 is 5.17. The third-order valence-corrected chi connectivity index (χ3v) is 1.75. The molecular weight excluding hydrogens is 150 g/mol. The van der Waals surface area contributed by atoms with Gasteiger partial charge in [0.25, 0.3) is 0 Å². The summed E-state index contributed by atoms with van der Waals surface area (Å²) in [4.78, 5) is 4.15. The molecule has 1 aromatic heterocycles. The van der Waals surface area contributed by atoms with Crippen molar-refractivity contribution in [2.75, 3.05) is 7.11 Å². The number of pyridine rings is 1. The Morgan fingerprint density at radius 2 is 2.33 bits per heavy atom. The molecule has 0 atom stereocenters. The molecule has 2 nitrogen and oxygen atoms in total. The highest BCUT2D eigenvalue weighted by molar-refractivity contribution is 5.84. The van der Waals surface area contributed by atoms with Gasteiger partial charge < -0.3 is 4.74 Å². The summed E-state index contributed by atoms with van der Waals surface area (Å²) >= 11 is 0. The van der Waals surface area contributed by atoms with Crippen LogP contribution in [0.4, 0.5) is 0 Å². The van der Waals surface area contributed by atoms with Gasteiger partial charge in [0.2, 0.25) is 0 Å². The monoisotopic (exact) mass is 158 g/mol. The molecule has 0 aliphatic heterocycles. The Kier molecular flexibility index (Phi) is 1.67. The van der Waals surface area contributed by atoms with Crippen LogP contribution in [0.25, 0.3) is 10.9 Å². The first kappa shape index (κ1) is 7.10. The highest BCUT2D eigenvalue weighted by Gasteiger charge is 1.98. The summed E-state index contributed by atoms with van der Waals surface area (Å²) in [6.45, 7) is 0. The molecule has 12 heavy (non-hydrogen) atoms. The summed E-state index contributed by atoms with van der Waals surface area (Å²) in [6.07, 6.45) is 1.72. The normalized spacial score (nSPS) is 10.1. The maximum Gasteiger partial charge on any atom is 0.129 e. The zero-order valence-electron chi connectivity index (χ0n) is 6.74. The first-order chi connectivity index (χ1) is 5.92. The van der Waals surface area contributed by atoms with Gasteiger partial charge in [0.05, 0.1) is 12.6 Å². The molecule has 0 saturated heterocycles. The molecule has 59 valence electrons. The summed E-state index contributed by atoms with van der Waals surface area (Å²) in [5.41, 5.74) is 0.844. The van der Waals surface area contributed by atoms with Gasteiger partial charge in [0.15, 0.2) is 0 Å². The third kappa shape index (κ3) is 1.01. The quantitative estimate of drug-likeness (QED) is 0.633. The zero-order chi connectivity index (χ0) is 8.39. The first-order valence-electron chi connectivity index (χ1n) is 3.71. The van der Waals surface area contributed by atoms with Crippen molar-refractivity contribution in [2.24, 2.45) is 0 Å². The van der Waals surface area contributed by atoms with Gasteiger partial charge in [-0.2, -0.15) is 0 Å². The van der Waals surface area contributed by atoms with E-state index in [0.717, 1.165) is 16.7 Å². The average Bonchev–Trinajstić information content (AvgIpc) is 2.17. The van der Waals surface area contributed by atoms with E-state index < -0.39 is 0 Å². The number of fused-ring (bicyclic) bond motifs is 1. The number of benzene rings is 1. The van der Waals surface area contributed by atoms with Crippen molar-refractivity contribution >= 4 is 10.9 Å². The van der Waals surface area contributed by atoms with Crippen molar-refractivity contribution in [3.63, 3.8) is 0 Å². The lowest BCUT2D eigenvalue weighted by molar-refractivity contribution is 0.419. The molecule has 2 rings (SSSR count). The van der Waals surface area contributed by atoms with Crippen molar-refractivity contribution in [2.45, 2.75) is 0 Å². The zero-order valence-corrected chi connectivity index (χ0v) is 6.74. The van der Waals surface area contributed by atoms with Crippen molar-refractivity contribution in [3.05, 3.63) is 36.5 Å². The Bertz CT molecular complexity index is 392. The second kappa shape index (κ2) is 2.81. The Hall–Kier alpha value is -1.57. The molecule has 0 saturated carbocycles. The van der Waals surface area contributed by atoms with Crippen LogP contribution < -0.4 is 4.74 Å². The van der Waals surface area contributed by atoms with E-state index in [2.05, 4.69) is 11.1 Å². The molecule has 0 aliphatic rings. The highest BCUT2D eigenvalue weighted by Crippen LogP contribution is 2.21. The predicted octanol–water partition coefficient (Wildman–Crippen LogP) is 2.04. The predicted molar refractivity (Wildman–Crippen MR) is 47.1 cm³/mol. The van der Waals surface area contributed by atoms with Gasteiger partial charge in [-0.15, -0.1) is 0 Å². The minimum atomic E-state index is 0.844. The largest absolute Gasteiger partial charge is 0.496 e. The molecule has 1 heterocycles. The molecule has 1 radical (unpaired) electrons. The van der Waals surface area contributed by atoms with Crippen LogP contribution in [-0.4, -0.2) is 12.1 Å². The number of para-hydroxylation sites is 1. The second-order valence-electron chi connectivity index (χ2n) is 2.45. The Labute approximate surface area is 70.8 Å². The van der Waals surface area contributed by atoms with Crippen molar-refractivity contribution in [1.29, 1.82) is 0 Å². The van der Waals surface area contributed by atoms with E-state index in [4.69, 9.17) is 4.74 Å². The number of aromatic nitrogens is 1. The fraction of sp³-hybridized carbons (Fsp3) is 0.100. The fourth-order valence-electron chi connectivity index (χ4n) is 1.18. The SMILES string of the molecule is COc1ccnc2[c]cccc12. The molecule has 0 bridgehead atoms. The summed E-state index contributed by atoms with van der Waals surface area (Å²) in [5, 5.41) is 1.00. The van der Waals surface area contributed by atoms with Crippen LogP contribution in [0.1, 0.15) is 0 Å². The first-order valence-corrected chi connectivity index (χ1v) is 3.71. The van der Waals surface area contributed by atoms with Crippen LogP contribution in [0.3, 0.4) is 0 Å². The summed E-state index contributed by atoms with van der Waals surface area (Å²) in [6, 6.07) is 10.6. The van der Waals surface area contributed by atoms with E-state index in [-0.39, 0.29) is 0 Å². The molecule has 0 aliphatic carbocycles. The number of ether oxygens (including phenoxy) is 1. The van der Waals surface area contributed by atoms with E-state index in [1.54, 1.807) is 13.3 Å². The van der Waals surface area contributed by atoms with Gasteiger partial charge >= 0.3 is 0 Å². The molecule has 0 amide bonds. The van der Waals surface area contributed by atoms with Gasteiger partial charge in [0.1, 0.15) is 5.75 Å². The molecule has 2 heteroatoms. The van der Waals surface area contributed by atoms with Crippen LogP contribution in [0.15, 0.2) is 30.5 Å². The molecule has 0 unspecified atom stereocenters. The van der Waals surface area contributed by atoms with Crippen LogP contribution in [0.5, 0.6) is 5.75 Å². The lowest BCUT2D eigenvalue weighted by Crippen LogP contribution is -1.85. The van der Waals surface area contributed by atoms with Gasteiger partial charge in [0, 0.05) is 17.6 Å². The van der Waals surface area contributed by atoms with Gasteiger partial charge in [-0.3, -0.25) is 4.98 Å². The van der Waals surface area contributed by atoms with Crippen molar-refractivity contribution < 1.29 is 4.74 Å². The Morgan fingerprint density at radius 3 is 3.17 bits per heavy atom. The molecule has 2 aromatic rings. The molecule has 0 N–H and O–H groups in total.